The second kappa shape index (κ2) is 8.25. The number of aromatic amines is 1. The number of carbonyl (C=O) groups excluding carboxylic acids is 1. The molecule has 0 atom stereocenters. The molecule has 1 aromatic carbocycles. The summed E-state index contributed by atoms with van der Waals surface area (Å²) in [6.07, 6.45) is 9.16. The van der Waals surface area contributed by atoms with Crippen LogP contribution in [0.2, 0.25) is 0 Å². The number of nitrogens with one attached hydrogen (secondary N) is 1. The molecule has 144 valence electrons. The maximum Gasteiger partial charge on any atom is 0.272 e. The van der Waals surface area contributed by atoms with E-state index in [4.69, 9.17) is 0 Å². The molecule has 2 aromatic heterocycles. The summed E-state index contributed by atoms with van der Waals surface area (Å²) in [7, 11) is 0. The summed E-state index contributed by atoms with van der Waals surface area (Å²) in [6.45, 7) is 0.569. The standard InChI is InChI=1S/C22H24N4O2/c27-19-8-6-17(7-9-19)20-14-21(25-24-20)22(28)26(18-4-2-1-3-5-18)15-16-10-12-23-13-11-16/h6-14,18,27H,1-5,15H2,(H,24,25). The summed E-state index contributed by atoms with van der Waals surface area (Å²) in [6, 6.07) is 12.7. The highest BCUT2D eigenvalue weighted by molar-refractivity contribution is 5.93. The van der Waals surface area contributed by atoms with Crippen molar-refractivity contribution in [1.29, 1.82) is 0 Å². The van der Waals surface area contributed by atoms with Gasteiger partial charge in [0, 0.05) is 30.5 Å². The highest BCUT2D eigenvalue weighted by atomic mass is 16.3. The van der Waals surface area contributed by atoms with Gasteiger partial charge >= 0.3 is 0 Å². The molecule has 0 bridgehead atoms. The molecule has 1 aliphatic rings. The summed E-state index contributed by atoms with van der Waals surface area (Å²) in [5.74, 6) is 0.178. The first-order valence-corrected chi connectivity index (χ1v) is 9.75. The lowest BCUT2D eigenvalue weighted by atomic mass is 9.93. The summed E-state index contributed by atoms with van der Waals surface area (Å²) in [4.78, 5) is 19.4. The number of phenolic OH excluding ortho intramolecular Hbond substituents is 1. The Kier molecular flexibility index (Phi) is 5.37. The zero-order valence-corrected chi connectivity index (χ0v) is 15.7. The number of hydrogen-bond donors (Lipinski definition) is 2. The molecule has 28 heavy (non-hydrogen) atoms. The maximum atomic E-state index is 13.3. The van der Waals surface area contributed by atoms with Gasteiger partial charge in [0.1, 0.15) is 11.4 Å². The third kappa shape index (κ3) is 4.06. The Morgan fingerprint density at radius 1 is 1.07 bits per heavy atom. The molecule has 2 N–H and O–H groups in total. The highest BCUT2D eigenvalue weighted by Gasteiger charge is 2.27. The first kappa shape index (κ1) is 18.2. The van der Waals surface area contributed by atoms with Gasteiger partial charge in [-0.15, -0.1) is 0 Å². The van der Waals surface area contributed by atoms with E-state index in [0.29, 0.717) is 17.9 Å². The molecule has 0 aliphatic heterocycles. The maximum absolute atomic E-state index is 13.3. The van der Waals surface area contributed by atoms with Crippen LogP contribution in [-0.2, 0) is 6.54 Å². The van der Waals surface area contributed by atoms with Crippen molar-refractivity contribution in [1.82, 2.24) is 20.1 Å². The molecule has 4 rings (SSSR count). The predicted octanol–water partition coefficient (Wildman–Crippen LogP) is 4.15. The number of benzene rings is 1. The second-order valence-corrected chi connectivity index (χ2v) is 7.29. The molecule has 0 saturated heterocycles. The van der Waals surface area contributed by atoms with E-state index >= 15 is 0 Å². The van der Waals surface area contributed by atoms with Crippen LogP contribution in [0.25, 0.3) is 11.3 Å². The number of H-pyrrole nitrogens is 1. The van der Waals surface area contributed by atoms with Gasteiger partial charge in [-0.05, 0) is 60.9 Å². The minimum Gasteiger partial charge on any atom is -0.508 e. The highest BCUT2D eigenvalue weighted by Crippen LogP contribution is 2.27. The second-order valence-electron chi connectivity index (χ2n) is 7.29. The van der Waals surface area contributed by atoms with Crippen LogP contribution in [0.5, 0.6) is 5.75 Å². The number of amides is 1. The van der Waals surface area contributed by atoms with Gasteiger partial charge in [0.05, 0.1) is 5.69 Å². The minimum absolute atomic E-state index is 0.0266. The van der Waals surface area contributed by atoms with Gasteiger partial charge in [-0.3, -0.25) is 14.9 Å². The Morgan fingerprint density at radius 2 is 1.79 bits per heavy atom. The third-order valence-corrected chi connectivity index (χ3v) is 5.35. The molecule has 1 fully saturated rings. The fourth-order valence-electron chi connectivity index (χ4n) is 3.81. The van der Waals surface area contributed by atoms with Crippen molar-refractivity contribution in [2.24, 2.45) is 0 Å². The molecule has 1 aliphatic carbocycles. The van der Waals surface area contributed by atoms with E-state index in [-0.39, 0.29) is 17.7 Å². The molecule has 2 heterocycles. The molecule has 6 heteroatoms. The van der Waals surface area contributed by atoms with Gasteiger partial charge in [0.2, 0.25) is 0 Å². The average molecular weight is 376 g/mol. The quantitative estimate of drug-likeness (QED) is 0.701. The average Bonchev–Trinajstić information content (AvgIpc) is 3.24. The Labute approximate surface area is 164 Å². The molecular formula is C22H24N4O2. The number of aromatic hydroxyl groups is 1. The smallest absolute Gasteiger partial charge is 0.272 e. The Balaban J connectivity index is 1.58. The van der Waals surface area contributed by atoms with Gasteiger partial charge in [-0.2, -0.15) is 5.10 Å². The van der Waals surface area contributed by atoms with Crippen LogP contribution < -0.4 is 0 Å². The molecule has 1 amide bonds. The van der Waals surface area contributed by atoms with Crippen molar-refractivity contribution < 1.29 is 9.90 Å². The molecular weight excluding hydrogens is 352 g/mol. The van der Waals surface area contributed by atoms with E-state index in [0.717, 1.165) is 36.8 Å². The molecule has 1 saturated carbocycles. The van der Waals surface area contributed by atoms with Gasteiger partial charge in [0.25, 0.3) is 5.91 Å². The number of phenols is 1. The van der Waals surface area contributed by atoms with Gasteiger partial charge in [-0.1, -0.05) is 19.3 Å². The first-order chi connectivity index (χ1) is 13.7. The van der Waals surface area contributed by atoms with Crippen molar-refractivity contribution in [2.45, 2.75) is 44.7 Å². The Morgan fingerprint density at radius 3 is 2.50 bits per heavy atom. The summed E-state index contributed by atoms with van der Waals surface area (Å²) in [5, 5.41) is 16.7. The van der Waals surface area contributed by atoms with Crippen molar-refractivity contribution in [3.8, 4) is 17.0 Å². The largest absolute Gasteiger partial charge is 0.508 e. The Bertz CT molecular complexity index is 915. The number of hydrogen-bond acceptors (Lipinski definition) is 4. The van der Waals surface area contributed by atoms with Crippen molar-refractivity contribution >= 4 is 5.91 Å². The van der Waals surface area contributed by atoms with E-state index in [1.807, 2.05) is 17.0 Å². The lowest BCUT2D eigenvalue weighted by Gasteiger charge is -2.34. The van der Waals surface area contributed by atoms with E-state index in [1.54, 1.807) is 42.7 Å². The first-order valence-electron chi connectivity index (χ1n) is 9.75. The SMILES string of the molecule is O=C(c1cc(-c2ccc(O)cc2)n[nH]1)N(Cc1ccncc1)C1CCCCC1. The molecule has 0 unspecified atom stereocenters. The van der Waals surface area contributed by atoms with E-state index in [1.165, 1.54) is 6.42 Å². The number of rotatable bonds is 5. The fourth-order valence-corrected chi connectivity index (χ4v) is 3.81. The van der Waals surface area contributed by atoms with Gasteiger partial charge < -0.3 is 10.0 Å². The molecule has 0 radical (unpaired) electrons. The zero-order valence-electron chi connectivity index (χ0n) is 15.7. The minimum atomic E-state index is -0.0266. The van der Waals surface area contributed by atoms with Crippen molar-refractivity contribution in [3.63, 3.8) is 0 Å². The summed E-state index contributed by atoms with van der Waals surface area (Å²) in [5.41, 5.74) is 3.11. The van der Waals surface area contributed by atoms with E-state index < -0.39 is 0 Å². The molecule has 3 aromatic rings. The van der Waals surface area contributed by atoms with Crippen LogP contribution in [0.4, 0.5) is 0 Å². The van der Waals surface area contributed by atoms with E-state index in [2.05, 4.69) is 15.2 Å². The van der Waals surface area contributed by atoms with Crippen molar-refractivity contribution in [3.05, 3.63) is 66.1 Å². The topological polar surface area (TPSA) is 82.1 Å². The van der Waals surface area contributed by atoms with Crippen LogP contribution in [0, 0.1) is 0 Å². The van der Waals surface area contributed by atoms with Gasteiger partial charge in [-0.25, -0.2) is 0 Å². The van der Waals surface area contributed by atoms with Crippen LogP contribution >= 0.6 is 0 Å². The summed E-state index contributed by atoms with van der Waals surface area (Å²) >= 11 is 0. The normalized spacial score (nSPS) is 14.7. The zero-order chi connectivity index (χ0) is 19.3. The number of carbonyl (C=O) groups is 1. The lowest BCUT2D eigenvalue weighted by molar-refractivity contribution is 0.0608. The van der Waals surface area contributed by atoms with Crippen LogP contribution in [0.1, 0.15) is 48.2 Å². The molecule has 0 spiro atoms. The predicted molar refractivity (Wildman–Crippen MR) is 107 cm³/mol. The number of nitrogens with zero attached hydrogens (tertiary/aromatic N) is 3. The van der Waals surface area contributed by atoms with Crippen LogP contribution in [-0.4, -0.2) is 37.1 Å². The van der Waals surface area contributed by atoms with Crippen molar-refractivity contribution in [2.75, 3.05) is 0 Å². The number of aromatic nitrogens is 3. The lowest BCUT2D eigenvalue weighted by Crippen LogP contribution is -2.41. The van der Waals surface area contributed by atoms with E-state index in [9.17, 15) is 9.90 Å². The monoisotopic (exact) mass is 376 g/mol. The van der Waals surface area contributed by atoms with Gasteiger partial charge in [0.15, 0.2) is 0 Å². The number of pyridine rings is 1. The third-order valence-electron chi connectivity index (χ3n) is 5.35. The molecule has 6 nitrogen and oxygen atoms in total. The Hall–Kier alpha value is -3.15. The summed E-state index contributed by atoms with van der Waals surface area (Å²) < 4.78 is 0. The van der Waals surface area contributed by atoms with Crippen LogP contribution in [0.15, 0.2) is 54.9 Å². The van der Waals surface area contributed by atoms with Crippen LogP contribution in [0.3, 0.4) is 0 Å². The fraction of sp³-hybridized carbons (Fsp3) is 0.318.